The van der Waals surface area contributed by atoms with E-state index < -0.39 is 0 Å². The molecule has 2 heterocycles. The number of rotatable bonds is 6. The Hall–Kier alpha value is -2.18. The minimum Gasteiger partial charge on any atom is -0.301 e. The average Bonchev–Trinajstić information content (AvgIpc) is 3.10. The summed E-state index contributed by atoms with van der Waals surface area (Å²) in [4.78, 5) is 21.0. The number of nitrogens with zero attached hydrogens (tertiary/aromatic N) is 2. The van der Waals surface area contributed by atoms with Gasteiger partial charge in [0, 0.05) is 17.3 Å². The summed E-state index contributed by atoms with van der Waals surface area (Å²) in [7, 11) is 0. The van der Waals surface area contributed by atoms with E-state index >= 15 is 0 Å². The molecule has 3 rings (SSSR count). The molecule has 24 heavy (non-hydrogen) atoms. The molecule has 1 aromatic carbocycles. The van der Waals surface area contributed by atoms with Gasteiger partial charge in [0.15, 0.2) is 5.13 Å². The molecule has 2 aromatic heterocycles. The third kappa shape index (κ3) is 4.43. The number of pyridine rings is 1. The van der Waals surface area contributed by atoms with Crippen molar-refractivity contribution in [1.29, 1.82) is 0 Å². The first-order chi connectivity index (χ1) is 11.7. The van der Waals surface area contributed by atoms with Crippen molar-refractivity contribution in [2.24, 2.45) is 0 Å². The van der Waals surface area contributed by atoms with Crippen LogP contribution in [0, 0.1) is 0 Å². The Labute approximate surface area is 149 Å². The van der Waals surface area contributed by atoms with Crippen molar-refractivity contribution in [1.82, 2.24) is 9.97 Å². The number of hydrogen-bond donors (Lipinski definition) is 1. The standard InChI is InChI=1S/C18H17N3OS2/c1-13(23-11-14-7-3-2-4-8-14)17(22)21-18-20-16(12-24-18)15-9-5-6-10-19-15/h2-10,12-13H,11H2,1H3,(H,20,21,22). The Morgan fingerprint density at radius 1 is 1.17 bits per heavy atom. The number of thiazole rings is 1. The fourth-order valence-corrected chi connectivity index (χ4v) is 3.59. The molecule has 1 N–H and O–H groups in total. The minimum absolute atomic E-state index is 0.0298. The number of benzene rings is 1. The van der Waals surface area contributed by atoms with Crippen LogP contribution in [0.25, 0.3) is 11.4 Å². The summed E-state index contributed by atoms with van der Waals surface area (Å²) in [5.74, 6) is 0.782. The van der Waals surface area contributed by atoms with E-state index in [1.54, 1.807) is 18.0 Å². The summed E-state index contributed by atoms with van der Waals surface area (Å²) in [6.07, 6.45) is 1.73. The molecule has 0 saturated carbocycles. The van der Waals surface area contributed by atoms with Gasteiger partial charge in [-0.2, -0.15) is 0 Å². The highest BCUT2D eigenvalue weighted by atomic mass is 32.2. The molecule has 1 amide bonds. The molecule has 0 fully saturated rings. The minimum atomic E-state index is -0.146. The van der Waals surface area contributed by atoms with Crippen molar-refractivity contribution in [3.05, 3.63) is 65.7 Å². The second-order valence-electron chi connectivity index (χ2n) is 5.18. The Balaban J connectivity index is 1.55. The van der Waals surface area contributed by atoms with Crippen LogP contribution >= 0.6 is 23.1 Å². The summed E-state index contributed by atoms with van der Waals surface area (Å²) in [5.41, 5.74) is 2.80. The molecule has 1 atom stereocenters. The average molecular weight is 355 g/mol. The number of carbonyl (C=O) groups excluding carboxylic acids is 1. The molecule has 3 aromatic rings. The maximum Gasteiger partial charge on any atom is 0.238 e. The summed E-state index contributed by atoms with van der Waals surface area (Å²) >= 11 is 3.02. The largest absolute Gasteiger partial charge is 0.301 e. The van der Waals surface area contributed by atoms with E-state index in [0.29, 0.717) is 5.13 Å². The summed E-state index contributed by atoms with van der Waals surface area (Å²) in [6, 6.07) is 15.8. The van der Waals surface area contributed by atoms with Crippen molar-refractivity contribution < 1.29 is 4.79 Å². The van der Waals surface area contributed by atoms with Crippen molar-refractivity contribution >= 4 is 34.1 Å². The molecule has 0 aliphatic heterocycles. The van der Waals surface area contributed by atoms with E-state index in [2.05, 4.69) is 27.4 Å². The van der Waals surface area contributed by atoms with Crippen LogP contribution in [-0.4, -0.2) is 21.1 Å². The fraction of sp³-hybridized carbons (Fsp3) is 0.167. The number of thioether (sulfide) groups is 1. The van der Waals surface area contributed by atoms with Gasteiger partial charge in [0.25, 0.3) is 0 Å². The first-order valence-corrected chi connectivity index (χ1v) is 9.48. The molecule has 0 saturated heterocycles. The van der Waals surface area contributed by atoms with E-state index in [1.165, 1.54) is 16.9 Å². The molecule has 0 aliphatic rings. The zero-order chi connectivity index (χ0) is 16.8. The first-order valence-electron chi connectivity index (χ1n) is 7.55. The number of carbonyl (C=O) groups is 1. The third-order valence-electron chi connectivity index (χ3n) is 3.37. The lowest BCUT2D eigenvalue weighted by Crippen LogP contribution is -2.22. The maximum absolute atomic E-state index is 12.3. The van der Waals surface area contributed by atoms with Crippen molar-refractivity contribution in [3.8, 4) is 11.4 Å². The van der Waals surface area contributed by atoms with Crippen LogP contribution in [0.1, 0.15) is 12.5 Å². The first kappa shape index (κ1) is 16.7. The number of amides is 1. The molecule has 0 bridgehead atoms. The predicted molar refractivity (Wildman–Crippen MR) is 101 cm³/mol. The van der Waals surface area contributed by atoms with Gasteiger partial charge in [-0.25, -0.2) is 4.98 Å². The smallest absolute Gasteiger partial charge is 0.238 e. The van der Waals surface area contributed by atoms with Gasteiger partial charge in [-0.1, -0.05) is 36.4 Å². The van der Waals surface area contributed by atoms with E-state index in [9.17, 15) is 4.79 Å². The quantitative estimate of drug-likeness (QED) is 0.709. The van der Waals surface area contributed by atoms with Crippen LogP contribution in [0.5, 0.6) is 0 Å². The summed E-state index contributed by atoms with van der Waals surface area (Å²) in [6.45, 7) is 1.91. The Morgan fingerprint density at radius 2 is 1.96 bits per heavy atom. The molecular weight excluding hydrogens is 338 g/mol. The van der Waals surface area contributed by atoms with E-state index in [1.807, 2.05) is 48.7 Å². The molecule has 0 spiro atoms. The van der Waals surface area contributed by atoms with E-state index in [0.717, 1.165) is 17.1 Å². The highest BCUT2D eigenvalue weighted by Crippen LogP contribution is 2.24. The molecule has 1 unspecified atom stereocenters. The van der Waals surface area contributed by atoms with Crippen molar-refractivity contribution in [2.45, 2.75) is 17.9 Å². The number of hydrogen-bond acceptors (Lipinski definition) is 5. The second kappa shape index (κ2) is 8.08. The van der Waals surface area contributed by atoms with Crippen LogP contribution < -0.4 is 5.32 Å². The van der Waals surface area contributed by atoms with E-state index in [-0.39, 0.29) is 11.2 Å². The highest BCUT2D eigenvalue weighted by molar-refractivity contribution is 7.99. The summed E-state index contributed by atoms with van der Waals surface area (Å²) < 4.78 is 0. The van der Waals surface area contributed by atoms with Crippen LogP contribution in [0.15, 0.2) is 60.1 Å². The molecule has 0 aliphatic carbocycles. The van der Waals surface area contributed by atoms with Crippen LogP contribution in [-0.2, 0) is 10.5 Å². The fourth-order valence-electron chi connectivity index (χ4n) is 2.04. The Kier molecular flexibility index (Phi) is 5.61. The van der Waals surface area contributed by atoms with Gasteiger partial charge in [-0.05, 0) is 24.6 Å². The van der Waals surface area contributed by atoms with E-state index in [4.69, 9.17) is 0 Å². The molecule has 0 radical (unpaired) electrons. The van der Waals surface area contributed by atoms with Gasteiger partial charge in [-0.3, -0.25) is 9.78 Å². The maximum atomic E-state index is 12.3. The number of anilines is 1. The SMILES string of the molecule is CC(SCc1ccccc1)C(=O)Nc1nc(-c2ccccn2)cs1. The molecule has 6 heteroatoms. The highest BCUT2D eigenvalue weighted by Gasteiger charge is 2.15. The predicted octanol–water partition coefficient (Wildman–Crippen LogP) is 4.47. The zero-order valence-electron chi connectivity index (χ0n) is 13.2. The normalized spacial score (nSPS) is 11.9. The van der Waals surface area contributed by atoms with Crippen LogP contribution in [0.4, 0.5) is 5.13 Å². The van der Waals surface area contributed by atoms with Crippen LogP contribution in [0.2, 0.25) is 0 Å². The van der Waals surface area contributed by atoms with Gasteiger partial charge in [-0.15, -0.1) is 23.1 Å². The monoisotopic (exact) mass is 355 g/mol. The van der Waals surface area contributed by atoms with Gasteiger partial charge < -0.3 is 5.32 Å². The molecule has 122 valence electrons. The number of nitrogens with one attached hydrogen (secondary N) is 1. The third-order valence-corrected chi connectivity index (χ3v) is 5.35. The second-order valence-corrected chi connectivity index (χ2v) is 7.37. The topological polar surface area (TPSA) is 54.9 Å². The lowest BCUT2D eigenvalue weighted by Gasteiger charge is -2.10. The molecular formula is C18H17N3OS2. The Morgan fingerprint density at radius 3 is 2.71 bits per heavy atom. The van der Waals surface area contributed by atoms with Crippen LogP contribution in [0.3, 0.4) is 0 Å². The van der Waals surface area contributed by atoms with Gasteiger partial charge in [0.1, 0.15) is 5.69 Å². The lowest BCUT2D eigenvalue weighted by molar-refractivity contribution is -0.115. The number of aromatic nitrogens is 2. The van der Waals surface area contributed by atoms with Crippen molar-refractivity contribution in [3.63, 3.8) is 0 Å². The lowest BCUT2D eigenvalue weighted by atomic mass is 10.2. The zero-order valence-corrected chi connectivity index (χ0v) is 14.8. The summed E-state index contributed by atoms with van der Waals surface area (Å²) in [5, 5.41) is 5.25. The Bertz CT molecular complexity index is 790. The van der Waals surface area contributed by atoms with Crippen molar-refractivity contribution in [2.75, 3.05) is 5.32 Å². The van der Waals surface area contributed by atoms with Gasteiger partial charge in [0.2, 0.25) is 5.91 Å². The molecule has 4 nitrogen and oxygen atoms in total. The van der Waals surface area contributed by atoms with Gasteiger partial charge in [0.05, 0.1) is 10.9 Å². The van der Waals surface area contributed by atoms with Gasteiger partial charge >= 0.3 is 0 Å².